The topological polar surface area (TPSA) is 55.8 Å². The maximum absolute atomic E-state index is 11.4. The van der Waals surface area contributed by atoms with Gasteiger partial charge in [0.05, 0.1) is 12.7 Å². The van der Waals surface area contributed by atoms with Crippen molar-refractivity contribution in [2.24, 2.45) is 0 Å². The first-order valence-electron chi connectivity index (χ1n) is 6.63. The van der Waals surface area contributed by atoms with Crippen LogP contribution in [0.25, 0.3) is 0 Å². The van der Waals surface area contributed by atoms with Gasteiger partial charge in [0.1, 0.15) is 5.75 Å². The summed E-state index contributed by atoms with van der Waals surface area (Å²) >= 11 is 0. The fraction of sp³-hybridized carbons (Fsp3) is 0.533. The molecular formula is C15H22O4. The molecule has 2 atom stereocenters. The summed E-state index contributed by atoms with van der Waals surface area (Å²) in [6, 6.07) is 7.53. The van der Waals surface area contributed by atoms with E-state index < -0.39 is 6.10 Å². The van der Waals surface area contributed by atoms with E-state index >= 15 is 0 Å². The standard InChI is InChI=1S/C15H22O4/c1-4-18-15(17)12(3)19-14-9-7-13(8-10-14)6-5-11(2)16/h7-12,16H,4-6H2,1-3H3. The predicted molar refractivity (Wildman–Crippen MR) is 73.2 cm³/mol. The summed E-state index contributed by atoms with van der Waals surface area (Å²) in [6.07, 6.45) is 0.660. The molecule has 0 spiro atoms. The van der Waals surface area contributed by atoms with E-state index in [0.717, 1.165) is 18.4 Å². The Morgan fingerprint density at radius 1 is 1.26 bits per heavy atom. The fourth-order valence-corrected chi connectivity index (χ4v) is 1.62. The van der Waals surface area contributed by atoms with E-state index in [4.69, 9.17) is 9.47 Å². The van der Waals surface area contributed by atoms with Crippen molar-refractivity contribution in [3.63, 3.8) is 0 Å². The van der Waals surface area contributed by atoms with E-state index in [-0.39, 0.29) is 12.1 Å². The molecule has 0 aliphatic rings. The molecule has 4 heteroatoms. The van der Waals surface area contributed by atoms with Crippen LogP contribution in [-0.4, -0.2) is 29.9 Å². The van der Waals surface area contributed by atoms with Crippen LogP contribution in [-0.2, 0) is 16.0 Å². The van der Waals surface area contributed by atoms with Gasteiger partial charge in [-0.05, 0) is 51.3 Å². The Hall–Kier alpha value is -1.55. The van der Waals surface area contributed by atoms with Crippen LogP contribution in [0.5, 0.6) is 5.75 Å². The van der Waals surface area contributed by atoms with Crippen molar-refractivity contribution in [2.75, 3.05) is 6.61 Å². The zero-order valence-electron chi connectivity index (χ0n) is 11.8. The van der Waals surface area contributed by atoms with Gasteiger partial charge in [0.15, 0.2) is 6.10 Å². The van der Waals surface area contributed by atoms with E-state index in [0.29, 0.717) is 12.4 Å². The second kappa shape index (κ2) is 7.79. The lowest BCUT2D eigenvalue weighted by atomic mass is 10.1. The quantitative estimate of drug-likeness (QED) is 0.770. The highest BCUT2D eigenvalue weighted by Gasteiger charge is 2.15. The maximum Gasteiger partial charge on any atom is 0.347 e. The highest BCUT2D eigenvalue weighted by molar-refractivity contribution is 5.74. The number of carbonyl (C=O) groups excluding carboxylic acids is 1. The second-order valence-electron chi connectivity index (χ2n) is 4.54. The third-order valence-electron chi connectivity index (χ3n) is 2.71. The van der Waals surface area contributed by atoms with Crippen molar-refractivity contribution in [2.45, 2.75) is 45.8 Å². The molecule has 1 aromatic carbocycles. The van der Waals surface area contributed by atoms with Gasteiger partial charge >= 0.3 is 5.97 Å². The summed E-state index contributed by atoms with van der Waals surface area (Å²) in [7, 11) is 0. The van der Waals surface area contributed by atoms with Crippen LogP contribution >= 0.6 is 0 Å². The summed E-state index contributed by atoms with van der Waals surface area (Å²) in [6.45, 7) is 5.56. The third-order valence-corrected chi connectivity index (χ3v) is 2.71. The van der Waals surface area contributed by atoms with Crippen LogP contribution < -0.4 is 4.74 Å². The van der Waals surface area contributed by atoms with Crippen LogP contribution in [0, 0.1) is 0 Å². The number of aryl methyl sites for hydroxylation is 1. The number of aliphatic hydroxyl groups is 1. The molecule has 0 aliphatic carbocycles. The normalized spacial score (nSPS) is 13.7. The number of hydrogen-bond donors (Lipinski definition) is 1. The zero-order chi connectivity index (χ0) is 14.3. The molecule has 0 aromatic heterocycles. The Morgan fingerprint density at radius 3 is 2.42 bits per heavy atom. The highest BCUT2D eigenvalue weighted by atomic mass is 16.6. The van der Waals surface area contributed by atoms with Gasteiger partial charge < -0.3 is 14.6 Å². The minimum absolute atomic E-state index is 0.292. The number of aliphatic hydroxyl groups excluding tert-OH is 1. The first kappa shape index (κ1) is 15.5. The van der Waals surface area contributed by atoms with Crippen LogP contribution in [0.1, 0.15) is 32.8 Å². The van der Waals surface area contributed by atoms with Crippen molar-refractivity contribution in [1.82, 2.24) is 0 Å². The molecule has 0 bridgehead atoms. The smallest absolute Gasteiger partial charge is 0.347 e. The Balaban J connectivity index is 2.49. The average molecular weight is 266 g/mol. The average Bonchev–Trinajstić information content (AvgIpc) is 2.38. The molecule has 19 heavy (non-hydrogen) atoms. The lowest BCUT2D eigenvalue weighted by molar-refractivity contribution is -0.150. The van der Waals surface area contributed by atoms with Crippen LogP contribution in [0.3, 0.4) is 0 Å². The fourth-order valence-electron chi connectivity index (χ4n) is 1.62. The lowest BCUT2D eigenvalue weighted by Crippen LogP contribution is -2.26. The van der Waals surface area contributed by atoms with Gasteiger partial charge in [-0.15, -0.1) is 0 Å². The Kier molecular flexibility index (Phi) is 6.36. The lowest BCUT2D eigenvalue weighted by Gasteiger charge is -2.13. The summed E-state index contributed by atoms with van der Waals surface area (Å²) in [5, 5.41) is 9.22. The summed E-state index contributed by atoms with van der Waals surface area (Å²) in [4.78, 5) is 11.4. The Bertz CT molecular complexity index is 384. The molecule has 1 N–H and O–H groups in total. The predicted octanol–water partition coefficient (Wildman–Crippen LogP) is 2.33. The van der Waals surface area contributed by atoms with Crippen LogP contribution in [0.4, 0.5) is 0 Å². The van der Waals surface area contributed by atoms with Gasteiger partial charge in [-0.3, -0.25) is 0 Å². The van der Waals surface area contributed by atoms with Crippen molar-refractivity contribution in [3.05, 3.63) is 29.8 Å². The first-order chi connectivity index (χ1) is 9.02. The number of rotatable bonds is 7. The minimum atomic E-state index is -0.608. The molecule has 0 fully saturated rings. The molecule has 0 aliphatic heterocycles. The molecule has 0 saturated heterocycles. The van der Waals surface area contributed by atoms with Gasteiger partial charge in [0.25, 0.3) is 0 Å². The molecule has 2 unspecified atom stereocenters. The van der Waals surface area contributed by atoms with Crippen molar-refractivity contribution >= 4 is 5.97 Å². The summed E-state index contributed by atoms with van der Waals surface area (Å²) in [5.41, 5.74) is 1.14. The monoisotopic (exact) mass is 266 g/mol. The van der Waals surface area contributed by atoms with Crippen molar-refractivity contribution in [3.8, 4) is 5.75 Å². The number of hydrogen-bond acceptors (Lipinski definition) is 4. The summed E-state index contributed by atoms with van der Waals surface area (Å²) in [5.74, 6) is 0.280. The van der Waals surface area contributed by atoms with E-state index in [1.165, 1.54) is 0 Å². The zero-order valence-corrected chi connectivity index (χ0v) is 11.8. The number of carbonyl (C=O) groups is 1. The van der Waals surface area contributed by atoms with Crippen LogP contribution in [0.2, 0.25) is 0 Å². The maximum atomic E-state index is 11.4. The van der Waals surface area contributed by atoms with E-state index in [1.807, 2.05) is 24.3 Å². The van der Waals surface area contributed by atoms with E-state index in [2.05, 4.69) is 0 Å². The Labute approximate surface area is 114 Å². The molecule has 1 rings (SSSR count). The van der Waals surface area contributed by atoms with Gasteiger partial charge in [-0.2, -0.15) is 0 Å². The number of esters is 1. The third kappa shape index (κ3) is 5.75. The SMILES string of the molecule is CCOC(=O)C(C)Oc1ccc(CCC(C)O)cc1. The molecule has 0 amide bonds. The van der Waals surface area contributed by atoms with Crippen LogP contribution in [0.15, 0.2) is 24.3 Å². The van der Waals surface area contributed by atoms with Gasteiger partial charge in [0.2, 0.25) is 0 Å². The highest BCUT2D eigenvalue weighted by Crippen LogP contribution is 2.15. The molecule has 0 saturated carbocycles. The molecule has 1 aromatic rings. The van der Waals surface area contributed by atoms with Crippen molar-refractivity contribution in [1.29, 1.82) is 0 Å². The van der Waals surface area contributed by atoms with E-state index in [1.54, 1.807) is 20.8 Å². The molecule has 106 valence electrons. The molecule has 0 radical (unpaired) electrons. The second-order valence-corrected chi connectivity index (χ2v) is 4.54. The van der Waals surface area contributed by atoms with E-state index in [9.17, 15) is 9.90 Å². The number of ether oxygens (including phenoxy) is 2. The minimum Gasteiger partial charge on any atom is -0.479 e. The summed E-state index contributed by atoms with van der Waals surface area (Å²) < 4.78 is 10.4. The molecule has 0 heterocycles. The molecular weight excluding hydrogens is 244 g/mol. The number of benzene rings is 1. The van der Waals surface area contributed by atoms with Gasteiger partial charge in [-0.1, -0.05) is 12.1 Å². The first-order valence-corrected chi connectivity index (χ1v) is 6.63. The van der Waals surface area contributed by atoms with Crippen molar-refractivity contribution < 1.29 is 19.4 Å². The van der Waals surface area contributed by atoms with Gasteiger partial charge in [0, 0.05) is 0 Å². The molecule has 4 nitrogen and oxygen atoms in total. The Morgan fingerprint density at radius 2 is 1.89 bits per heavy atom. The largest absolute Gasteiger partial charge is 0.479 e. The van der Waals surface area contributed by atoms with Gasteiger partial charge in [-0.25, -0.2) is 4.79 Å².